The molecule has 3 N–H and O–H groups in total. The number of nitrogens with two attached hydrogens (primary N) is 1. The van der Waals surface area contributed by atoms with E-state index in [4.69, 9.17) is 17.3 Å². The summed E-state index contributed by atoms with van der Waals surface area (Å²) < 4.78 is 0. The molecule has 1 amide bonds. The summed E-state index contributed by atoms with van der Waals surface area (Å²) in [5, 5.41) is 16.2. The van der Waals surface area contributed by atoms with E-state index < -0.39 is 0 Å². The van der Waals surface area contributed by atoms with Crippen LogP contribution in [0.25, 0.3) is 11.4 Å². The molecule has 0 aliphatic heterocycles. The van der Waals surface area contributed by atoms with Crippen LogP contribution in [0, 0.1) is 11.8 Å². The molecule has 0 spiro atoms. The molecule has 1 aromatic carbocycles. The van der Waals surface area contributed by atoms with Gasteiger partial charge in [0.2, 0.25) is 11.7 Å². The molecule has 4 rings (SSSR count). The summed E-state index contributed by atoms with van der Waals surface area (Å²) >= 11 is 5.89. The molecule has 2 aromatic rings. The third-order valence-corrected chi connectivity index (χ3v) is 5.80. The second-order valence-corrected chi connectivity index (χ2v) is 7.86. The molecule has 9 heteroatoms. The average molecular weight is 411 g/mol. The van der Waals surface area contributed by atoms with Crippen molar-refractivity contribution in [2.75, 3.05) is 0 Å². The number of fused-ring (bicyclic) bond motifs is 2. The SMILES string of the molecule is Cl.NC1CC2CCCC(C1)C2NC(=O)Cn1nnc(-c2ccc(Cl)cc2)n1. The van der Waals surface area contributed by atoms with Gasteiger partial charge < -0.3 is 11.1 Å². The highest BCUT2D eigenvalue weighted by molar-refractivity contribution is 6.30. The molecular weight excluding hydrogens is 387 g/mol. The molecule has 7 nitrogen and oxygen atoms in total. The number of aromatic nitrogens is 4. The van der Waals surface area contributed by atoms with Crippen molar-refractivity contribution in [3.8, 4) is 11.4 Å². The minimum absolute atomic E-state index is 0. The van der Waals surface area contributed by atoms with Crippen molar-refractivity contribution >= 4 is 29.9 Å². The van der Waals surface area contributed by atoms with Crippen molar-refractivity contribution in [1.82, 2.24) is 25.5 Å². The Labute approximate surface area is 169 Å². The van der Waals surface area contributed by atoms with Gasteiger partial charge in [-0.3, -0.25) is 4.79 Å². The second-order valence-electron chi connectivity index (χ2n) is 7.43. The van der Waals surface area contributed by atoms with Crippen LogP contribution < -0.4 is 11.1 Å². The van der Waals surface area contributed by atoms with Gasteiger partial charge in [0.25, 0.3) is 0 Å². The highest BCUT2D eigenvalue weighted by Gasteiger charge is 2.39. The Bertz CT molecular complexity index is 766. The van der Waals surface area contributed by atoms with Gasteiger partial charge in [-0.05, 0) is 67.0 Å². The first-order chi connectivity index (χ1) is 12.6. The summed E-state index contributed by atoms with van der Waals surface area (Å²) in [6, 6.07) is 7.72. The summed E-state index contributed by atoms with van der Waals surface area (Å²) in [6.45, 7) is 0.0720. The van der Waals surface area contributed by atoms with Crippen LogP contribution in [0.1, 0.15) is 32.1 Å². The number of hydrogen-bond acceptors (Lipinski definition) is 5. The zero-order chi connectivity index (χ0) is 18.1. The van der Waals surface area contributed by atoms with Gasteiger partial charge in [0.05, 0.1) is 0 Å². The summed E-state index contributed by atoms with van der Waals surface area (Å²) in [7, 11) is 0. The Kier molecular flexibility index (Phi) is 6.34. The fraction of sp³-hybridized carbons (Fsp3) is 0.556. The quantitative estimate of drug-likeness (QED) is 0.805. The van der Waals surface area contributed by atoms with E-state index in [1.54, 1.807) is 12.1 Å². The standard InChI is InChI=1S/C18H23ClN6O.ClH/c19-14-6-4-11(5-7-14)18-22-24-25(23-18)10-16(26)21-17-12-2-1-3-13(17)9-15(20)8-12;/h4-7,12-13,15,17H,1-3,8-10,20H2,(H,21,26);1H. The lowest BCUT2D eigenvalue weighted by molar-refractivity contribution is -0.124. The van der Waals surface area contributed by atoms with Gasteiger partial charge in [0.1, 0.15) is 6.54 Å². The third-order valence-electron chi connectivity index (χ3n) is 5.54. The zero-order valence-corrected chi connectivity index (χ0v) is 16.5. The predicted octanol–water partition coefficient (Wildman–Crippen LogP) is 2.44. The van der Waals surface area contributed by atoms with Crippen molar-refractivity contribution in [2.24, 2.45) is 17.6 Å². The lowest BCUT2D eigenvalue weighted by Gasteiger charge is -2.45. The van der Waals surface area contributed by atoms with Crippen LogP contribution in [0.2, 0.25) is 5.02 Å². The summed E-state index contributed by atoms with van der Waals surface area (Å²) in [6.07, 6.45) is 5.55. The molecule has 2 bridgehead atoms. The Balaban J connectivity index is 0.00000210. The van der Waals surface area contributed by atoms with Crippen LogP contribution in [0.15, 0.2) is 24.3 Å². The van der Waals surface area contributed by atoms with Crippen LogP contribution >= 0.6 is 24.0 Å². The first kappa shape index (κ1) is 20.0. The molecule has 2 aliphatic carbocycles. The first-order valence-corrected chi connectivity index (χ1v) is 9.55. The van der Waals surface area contributed by atoms with Crippen molar-refractivity contribution in [2.45, 2.75) is 50.7 Å². The van der Waals surface area contributed by atoms with Crippen molar-refractivity contribution in [3.63, 3.8) is 0 Å². The number of nitrogens with one attached hydrogen (secondary N) is 1. The maximum Gasteiger partial charge on any atom is 0.243 e. The molecule has 2 unspecified atom stereocenters. The highest BCUT2D eigenvalue weighted by Crippen LogP contribution is 2.39. The number of nitrogens with zero attached hydrogens (tertiary/aromatic N) is 4. The minimum Gasteiger partial charge on any atom is -0.351 e. The molecule has 0 radical (unpaired) electrons. The van der Waals surface area contributed by atoms with E-state index in [0.717, 1.165) is 31.2 Å². The smallest absolute Gasteiger partial charge is 0.243 e. The lowest BCUT2D eigenvalue weighted by Crippen LogP contribution is -2.54. The van der Waals surface area contributed by atoms with Gasteiger partial charge >= 0.3 is 0 Å². The fourth-order valence-corrected chi connectivity index (χ4v) is 4.54. The molecule has 2 aliphatic rings. The number of hydrogen-bond donors (Lipinski definition) is 2. The number of amides is 1. The largest absolute Gasteiger partial charge is 0.351 e. The maximum atomic E-state index is 12.5. The van der Waals surface area contributed by atoms with Crippen LogP contribution in [-0.4, -0.2) is 38.2 Å². The second kappa shape index (κ2) is 8.54. The topological polar surface area (TPSA) is 98.7 Å². The van der Waals surface area contributed by atoms with Crippen LogP contribution in [0.5, 0.6) is 0 Å². The summed E-state index contributed by atoms with van der Waals surface area (Å²) in [4.78, 5) is 13.8. The highest BCUT2D eigenvalue weighted by atomic mass is 35.5. The number of benzene rings is 1. The molecule has 1 aromatic heterocycles. The summed E-state index contributed by atoms with van der Waals surface area (Å²) in [5.41, 5.74) is 6.97. The maximum absolute atomic E-state index is 12.5. The van der Waals surface area contributed by atoms with Gasteiger partial charge in [-0.15, -0.1) is 22.6 Å². The number of halogens is 2. The molecule has 27 heavy (non-hydrogen) atoms. The predicted molar refractivity (Wildman–Crippen MR) is 105 cm³/mol. The van der Waals surface area contributed by atoms with Gasteiger partial charge in [-0.2, -0.15) is 4.80 Å². The summed E-state index contributed by atoms with van der Waals surface area (Å²) in [5.74, 6) is 1.40. The number of carbonyl (C=O) groups is 1. The van der Waals surface area contributed by atoms with E-state index in [1.165, 1.54) is 11.2 Å². The number of carbonyl (C=O) groups excluding carboxylic acids is 1. The van der Waals surface area contributed by atoms with Gasteiger partial charge in [-0.25, -0.2) is 0 Å². The monoisotopic (exact) mass is 410 g/mol. The van der Waals surface area contributed by atoms with Crippen molar-refractivity contribution < 1.29 is 4.79 Å². The Morgan fingerprint density at radius 1 is 1.22 bits per heavy atom. The fourth-order valence-electron chi connectivity index (χ4n) is 4.41. The van der Waals surface area contributed by atoms with E-state index in [0.29, 0.717) is 22.7 Å². The Hall–Kier alpha value is -1.70. The van der Waals surface area contributed by atoms with E-state index in [9.17, 15) is 4.79 Å². The molecular formula is C18H24Cl2N6O. The van der Waals surface area contributed by atoms with E-state index in [2.05, 4.69) is 20.7 Å². The Morgan fingerprint density at radius 3 is 2.56 bits per heavy atom. The zero-order valence-electron chi connectivity index (χ0n) is 14.9. The van der Waals surface area contributed by atoms with Crippen molar-refractivity contribution in [1.29, 1.82) is 0 Å². The number of tetrazole rings is 1. The van der Waals surface area contributed by atoms with Crippen LogP contribution in [-0.2, 0) is 11.3 Å². The van der Waals surface area contributed by atoms with E-state index >= 15 is 0 Å². The first-order valence-electron chi connectivity index (χ1n) is 9.17. The number of rotatable bonds is 4. The van der Waals surface area contributed by atoms with Crippen molar-refractivity contribution in [3.05, 3.63) is 29.3 Å². The Morgan fingerprint density at radius 2 is 1.89 bits per heavy atom. The normalized spacial score (nSPS) is 26.9. The average Bonchev–Trinajstić information content (AvgIpc) is 3.04. The van der Waals surface area contributed by atoms with E-state index in [-0.39, 0.29) is 36.9 Å². The third kappa shape index (κ3) is 4.59. The molecule has 146 valence electrons. The minimum atomic E-state index is -0.0672. The van der Waals surface area contributed by atoms with Gasteiger partial charge in [0.15, 0.2) is 0 Å². The molecule has 1 heterocycles. The molecule has 2 saturated carbocycles. The van der Waals surface area contributed by atoms with Crippen LogP contribution in [0.4, 0.5) is 0 Å². The van der Waals surface area contributed by atoms with E-state index in [1.807, 2.05) is 12.1 Å². The molecule has 2 atom stereocenters. The van der Waals surface area contributed by atoms with Gasteiger partial charge in [0, 0.05) is 22.7 Å². The lowest BCUT2D eigenvalue weighted by atomic mass is 9.67. The van der Waals surface area contributed by atoms with Crippen LogP contribution in [0.3, 0.4) is 0 Å². The molecule has 0 saturated heterocycles. The van der Waals surface area contributed by atoms with Gasteiger partial charge in [-0.1, -0.05) is 18.0 Å². The molecule has 2 fully saturated rings.